The molecule has 0 bridgehead atoms. The molecule has 0 saturated carbocycles. The second-order valence-electron chi connectivity index (χ2n) is 3.18. The van der Waals surface area contributed by atoms with Crippen molar-refractivity contribution in [2.45, 2.75) is 0 Å². The van der Waals surface area contributed by atoms with E-state index in [-0.39, 0.29) is 27.4 Å². The molecule has 1 aromatic heterocycles. The van der Waals surface area contributed by atoms with Crippen LogP contribution in [0.25, 0.3) is 11.3 Å². The van der Waals surface area contributed by atoms with E-state index in [1.807, 2.05) is 0 Å². The van der Waals surface area contributed by atoms with Gasteiger partial charge in [0.05, 0.1) is 17.1 Å². The number of ether oxygens (including phenoxy) is 1. The van der Waals surface area contributed by atoms with Gasteiger partial charge in [-0.1, -0.05) is 5.16 Å². The summed E-state index contributed by atoms with van der Waals surface area (Å²) in [5.74, 6) is -2.26. The second kappa shape index (κ2) is 4.33. The third-order valence-corrected chi connectivity index (χ3v) is 2.70. The molecule has 1 aromatic carbocycles. The lowest BCUT2D eigenvalue weighted by Crippen LogP contribution is -1.96. The maximum Gasteiger partial charge on any atom is 0.202 e. The van der Waals surface area contributed by atoms with Gasteiger partial charge in [-0.2, -0.15) is 4.39 Å². The van der Waals surface area contributed by atoms with Crippen LogP contribution in [0.15, 0.2) is 21.1 Å². The number of aromatic nitrogens is 1. The van der Waals surface area contributed by atoms with Gasteiger partial charge in [0.2, 0.25) is 5.82 Å². The highest BCUT2D eigenvalue weighted by molar-refractivity contribution is 9.10. The van der Waals surface area contributed by atoms with Gasteiger partial charge in [-0.25, -0.2) is 4.39 Å². The predicted molar refractivity (Wildman–Crippen MR) is 60.5 cm³/mol. The van der Waals surface area contributed by atoms with Crippen molar-refractivity contribution in [3.05, 3.63) is 28.2 Å². The molecule has 0 radical (unpaired) electrons. The van der Waals surface area contributed by atoms with Gasteiger partial charge in [-0.15, -0.1) is 0 Å². The van der Waals surface area contributed by atoms with Crippen LogP contribution in [0.5, 0.6) is 5.75 Å². The van der Waals surface area contributed by atoms with E-state index in [0.29, 0.717) is 0 Å². The van der Waals surface area contributed by atoms with Crippen LogP contribution < -0.4 is 10.5 Å². The van der Waals surface area contributed by atoms with Crippen molar-refractivity contribution in [2.24, 2.45) is 0 Å². The number of nitrogen functional groups attached to an aromatic ring is 1. The quantitative estimate of drug-likeness (QED) is 0.867. The van der Waals surface area contributed by atoms with Gasteiger partial charge in [-0.05, 0) is 22.0 Å². The molecule has 0 aliphatic carbocycles. The van der Waals surface area contributed by atoms with Crippen molar-refractivity contribution < 1.29 is 18.0 Å². The Hall–Kier alpha value is -1.63. The highest BCUT2D eigenvalue weighted by atomic mass is 79.9. The van der Waals surface area contributed by atoms with Gasteiger partial charge in [0.15, 0.2) is 23.1 Å². The first-order chi connectivity index (χ1) is 8.04. The van der Waals surface area contributed by atoms with Crippen LogP contribution >= 0.6 is 15.9 Å². The summed E-state index contributed by atoms with van der Waals surface area (Å²) in [6.07, 6.45) is 0. The summed E-state index contributed by atoms with van der Waals surface area (Å²) >= 11 is 3.07. The number of hydrogen-bond acceptors (Lipinski definition) is 4. The Kier molecular flexibility index (Phi) is 3.01. The van der Waals surface area contributed by atoms with E-state index in [0.717, 1.165) is 0 Å². The van der Waals surface area contributed by atoms with E-state index < -0.39 is 11.6 Å². The Morgan fingerprint density at radius 3 is 2.59 bits per heavy atom. The number of nitrogens with zero attached hydrogens (tertiary/aromatic N) is 1. The van der Waals surface area contributed by atoms with Crippen LogP contribution in [0, 0.1) is 11.6 Å². The fourth-order valence-corrected chi connectivity index (χ4v) is 1.93. The summed E-state index contributed by atoms with van der Waals surface area (Å²) < 4.78 is 37.1. The normalized spacial score (nSPS) is 10.6. The molecular formula is C10H7BrF2N2O2. The zero-order chi connectivity index (χ0) is 12.6. The van der Waals surface area contributed by atoms with Gasteiger partial charge in [0.1, 0.15) is 0 Å². The molecule has 17 heavy (non-hydrogen) atoms. The zero-order valence-corrected chi connectivity index (χ0v) is 10.2. The Morgan fingerprint density at radius 1 is 1.35 bits per heavy atom. The number of nitrogens with two attached hydrogens (primary N) is 1. The SMILES string of the molecule is COc1c(Br)cc(-c2cc(N)no2)c(F)c1F. The molecule has 0 unspecified atom stereocenters. The maximum atomic E-state index is 13.7. The van der Waals surface area contributed by atoms with Crippen LogP contribution in [0.4, 0.5) is 14.6 Å². The van der Waals surface area contributed by atoms with Crippen molar-refractivity contribution in [1.29, 1.82) is 0 Å². The maximum absolute atomic E-state index is 13.7. The molecule has 0 atom stereocenters. The number of methoxy groups -OCH3 is 1. The molecular weight excluding hydrogens is 298 g/mol. The van der Waals surface area contributed by atoms with Crippen molar-refractivity contribution in [3.63, 3.8) is 0 Å². The Morgan fingerprint density at radius 2 is 2.06 bits per heavy atom. The highest BCUT2D eigenvalue weighted by Gasteiger charge is 2.21. The van der Waals surface area contributed by atoms with Crippen molar-refractivity contribution in [1.82, 2.24) is 5.16 Å². The molecule has 2 rings (SSSR count). The Labute approximate surface area is 103 Å². The lowest BCUT2D eigenvalue weighted by molar-refractivity contribution is 0.368. The number of rotatable bonds is 2. The summed E-state index contributed by atoms with van der Waals surface area (Å²) in [5, 5.41) is 3.40. The van der Waals surface area contributed by atoms with Crippen molar-refractivity contribution in [3.8, 4) is 17.1 Å². The van der Waals surface area contributed by atoms with Crippen LogP contribution in [-0.2, 0) is 0 Å². The molecule has 0 aliphatic rings. The number of benzene rings is 1. The van der Waals surface area contributed by atoms with E-state index in [9.17, 15) is 8.78 Å². The zero-order valence-electron chi connectivity index (χ0n) is 8.63. The first-order valence-electron chi connectivity index (χ1n) is 4.48. The fourth-order valence-electron chi connectivity index (χ4n) is 1.36. The first kappa shape index (κ1) is 11.8. The lowest BCUT2D eigenvalue weighted by Gasteiger charge is -2.07. The van der Waals surface area contributed by atoms with Crippen molar-refractivity contribution in [2.75, 3.05) is 12.8 Å². The second-order valence-corrected chi connectivity index (χ2v) is 4.04. The van der Waals surface area contributed by atoms with Crippen LogP contribution in [0.2, 0.25) is 0 Å². The summed E-state index contributed by atoms with van der Waals surface area (Å²) in [4.78, 5) is 0. The van der Waals surface area contributed by atoms with E-state index >= 15 is 0 Å². The van der Waals surface area contributed by atoms with Gasteiger partial charge in [0.25, 0.3) is 0 Å². The lowest BCUT2D eigenvalue weighted by atomic mass is 10.1. The summed E-state index contributed by atoms with van der Waals surface area (Å²) in [7, 11) is 1.24. The molecule has 0 spiro atoms. The molecule has 2 N–H and O–H groups in total. The largest absolute Gasteiger partial charge is 0.492 e. The summed E-state index contributed by atoms with van der Waals surface area (Å²) in [6, 6.07) is 2.63. The predicted octanol–water partition coefficient (Wildman–Crippen LogP) is 2.97. The Balaban J connectivity index is 2.64. The van der Waals surface area contributed by atoms with Gasteiger partial charge in [0, 0.05) is 6.07 Å². The third kappa shape index (κ3) is 1.97. The molecule has 4 nitrogen and oxygen atoms in total. The molecule has 90 valence electrons. The Bertz CT molecular complexity index is 572. The van der Waals surface area contributed by atoms with Crippen LogP contribution in [-0.4, -0.2) is 12.3 Å². The molecule has 1 heterocycles. The highest BCUT2D eigenvalue weighted by Crippen LogP contribution is 2.36. The van der Waals surface area contributed by atoms with Crippen LogP contribution in [0.3, 0.4) is 0 Å². The number of hydrogen-bond donors (Lipinski definition) is 1. The number of anilines is 1. The minimum atomic E-state index is -1.10. The minimum Gasteiger partial charge on any atom is -0.492 e. The van der Waals surface area contributed by atoms with Crippen molar-refractivity contribution >= 4 is 21.7 Å². The smallest absolute Gasteiger partial charge is 0.202 e. The van der Waals surface area contributed by atoms with Gasteiger partial charge in [-0.3, -0.25) is 0 Å². The van der Waals surface area contributed by atoms with E-state index in [2.05, 4.69) is 21.1 Å². The molecule has 0 saturated heterocycles. The summed E-state index contributed by atoms with van der Waals surface area (Å²) in [6.45, 7) is 0. The molecule has 7 heteroatoms. The standard InChI is InChI=1S/C10H7BrF2N2O2/c1-16-10-5(11)2-4(8(12)9(10)13)6-3-7(14)15-17-6/h2-3H,1H3,(H2,14,15). The first-order valence-corrected chi connectivity index (χ1v) is 5.28. The average Bonchev–Trinajstić information content (AvgIpc) is 2.71. The monoisotopic (exact) mass is 304 g/mol. The third-order valence-electron chi connectivity index (χ3n) is 2.11. The van der Waals surface area contributed by atoms with E-state index in [1.54, 1.807) is 0 Å². The molecule has 0 amide bonds. The molecule has 2 aromatic rings. The molecule has 0 fully saturated rings. The molecule has 0 aliphatic heterocycles. The topological polar surface area (TPSA) is 61.3 Å². The number of halogens is 3. The average molecular weight is 305 g/mol. The minimum absolute atomic E-state index is 0.0438. The van der Waals surface area contributed by atoms with Gasteiger partial charge >= 0.3 is 0 Å². The van der Waals surface area contributed by atoms with Crippen LogP contribution in [0.1, 0.15) is 0 Å². The summed E-state index contributed by atoms with van der Waals surface area (Å²) in [5.41, 5.74) is 5.26. The fraction of sp³-hybridized carbons (Fsp3) is 0.100. The van der Waals surface area contributed by atoms with E-state index in [1.165, 1.54) is 19.2 Å². The van der Waals surface area contributed by atoms with Gasteiger partial charge < -0.3 is 15.0 Å². The van der Waals surface area contributed by atoms with E-state index in [4.69, 9.17) is 15.0 Å².